The molecule has 2 aliphatic rings. The van der Waals surface area contributed by atoms with Crippen LogP contribution in [-0.2, 0) is 4.57 Å². The average molecular weight is 221 g/mol. The van der Waals surface area contributed by atoms with Gasteiger partial charge < -0.3 is 4.57 Å². The topological polar surface area (TPSA) is 30.0 Å². The molecule has 0 aromatic carbocycles. The van der Waals surface area contributed by atoms with Crippen molar-refractivity contribution in [1.82, 2.24) is 4.98 Å². The first-order valence-electron chi connectivity index (χ1n) is 5.74. The Labute approximate surface area is 90.5 Å². The molecule has 0 unspecified atom stereocenters. The summed E-state index contributed by atoms with van der Waals surface area (Å²) in [7, 11) is -2.06. The summed E-state index contributed by atoms with van der Waals surface area (Å²) in [6, 6.07) is 4.02. The normalized spacial score (nSPS) is 21.7. The molecule has 0 saturated heterocycles. The standard InChI is InChI=1S/C12H16NOP/c1-9-8-12(6-7-13-9)15(14,10-2-3-10)11-4-5-11/h6-8,10-11H,2-5H2,1H3. The lowest BCUT2D eigenvalue weighted by atomic mass is 10.4. The second-order valence-corrected chi connectivity index (χ2v) is 8.22. The Hall–Kier alpha value is -0.620. The van der Waals surface area contributed by atoms with Gasteiger partial charge in [0, 0.05) is 28.5 Å². The monoisotopic (exact) mass is 221 g/mol. The van der Waals surface area contributed by atoms with Gasteiger partial charge in [0.15, 0.2) is 0 Å². The molecule has 0 atom stereocenters. The average Bonchev–Trinajstić information content (AvgIpc) is 3.04. The molecule has 3 rings (SSSR count). The second-order valence-electron chi connectivity index (χ2n) is 4.83. The summed E-state index contributed by atoms with van der Waals surface area (Å²) in [5, 5.41) is 1.10. The lowest BCUT2D eigenvalue weighted by Gasteiger charge is -2.17. The number of nitrogens with zero attached hydrogens (tertiary/aromatic N) is 1. The summed E-state index contributed by atoms with van der Waals surface area (Å²) in [5.41, 5.74) is 2.01. The number of aromatic nitrogens is 1. The van der Waals surface area contributed by atoms with Crippen LogP contribution in [0.2, 0.25) is 0 Å². The van der Waals surface area contributed by atoms with Crippen LogP contribution < -0.4 is 5.30 Å². The lowest BCUT2D eigenvalue weighted by molar-refractivity contribution is 0.579. The largest absolute Gasteiger partial charge is 0.318 e. The van der Waals surface area contributed by atoms with Crippen molar-refractivity contribution in [2.45, 2.75) is 43.9 Å². The van der Waals surface area contributed by atoms with Crippen molar-refractivity contribution in [3.8, 4) is 0 Å². The Bertz CT molecular complexity index is 419. The Morgan fingerprint density at radius 1 is 1.27 bits per heavy atom. The fourth-order valence-electron chi connectivity index (χ4n) is 2.38. The molecule has 2 fully saturated rings. The van der Waals surface area contributed by atoms with Gasteiger partial charge in [-0.2, -0.15) is 0 Å². The molecule has 3 heteroatoms. The van der Waals surface area contributed by atoms with Crippen molar-refractivity contribution in [2.75, 3.05) is 0 Å². The van der Waals surface area contributed by atoms with E-state index in [-0.39, 0.29) is 0 Å². The minimum atomic E-state index is -2.06. The summed E-state index contributed by atoms with van der Waals surface area (Å²) < 4.78 is 13.1. The quantitative estimate of drug-likeness (QED) is 0.734. The van der Waals surface area contributed by atoms with Gasteiger partial charge in [-0.25, -0.2) is 0 Å². The summed E-state index contributed by atoms with van der Waals surface area (Å²) in [5.74, 6) is 0. The van der Waals surface area contributed by atoms with Gasteiger partial charge in [-0.3, -0.25) is 4.98 Å². The maximum Gasteiger partial charge on any atom is 0.121 e. The second kappa shape index (κ2) is 3.18. The molecule has 2 nitrogen and oxygen atoms in total. The maximum atomic E-state index is 13.1. The molecular formula is C12H16NOP. The highest BCUT2D eigenvalue weighted by Gasteiger charge is 2.51. The minimum Gasteiger partial charge on any atom is -0.318 e. The van der Waals surface area contributed by atoms with Crippen molar-refractivity contribution in [1.29, 1.82) is 0 Å². The molecule has 1 aromatic heterocycles. The summed E-state index contributed by atoms with van der Waals surface area (Å²) in [6.45, 7) is 1.98. The number of hydrogen-bond donors (Lipinski definition) is 0. The van der Waals surface area contributed by atoms with E-state index in [4.69, 9.17) is 0 Å². The first-order valence-corrected chi connectivity index (χ1v) is 7.58. The summed E-state index contributed by atoms with van der Waals surface area (Å²) in [4.78, 5) is 4.19. The summed E-state index contributed by atoms with van der Waals surface area (Å²) in [6.07, 6.45) is 6.51. The molecule has 1 heterocycles. The Morgan fingerprint density at radius 2 is 1.87 bits per heavy atom. The van der Waals surface area contributed by atoms with E-state index in [2.05, 4.69) is 4.98 Å². The zero-order valence-corrected chi connectivity index (χ0v) is 9.91. The van der Waals surface area contributed by atoms with Crippen LogP contribution >= 0.6 is 7.14 Å². The third-order valence-corrected chi connectivity index (χ3v) is 7.75. The fourth-order valence-corrected chi connectivity index (χ4v) is 6.34. The molecule has 1 aromatic rings. The van der Waals surface area contributed by atoms with Crippen LogP contribution in [0.1, 0.15) is 31.4 Å². The Kier molecular flexibility index (Phi) is 2.04. The van der Waals surface area contributed by atoms with E-state index in [1.807, 2.05) is 25.3 Å². The highest BCUT2D eigenvalue weighted by Crippen LogP contribution is 2.69. The predicted octanol–water partition coefficient (Wildman–Crippen LogP) is 2.70. The molecule has 0 bridgehead atoms. The van der Waals surface area contributed by atoms with Crippen LogP contribution in [0.4, 0.5) is 0 Å². The Balaban J connectivity index is 2.05. The van der Waals surface area contributed by atoms with Gasteiger partial charge in [-0.15, -0.1) is 0 Å². The highest BCUT2D eigenvalue weighted by molar-refractivity contribution is 7.73. The van der Waals surface area contributed by atoms with Gasteiger partial charge >= 0.3 is 0 Å². The van der Waals surface area contributed by atoms with Gasteiger partial charge in [0.2, 0.25) is 0 Å². The third kappa shape index (κ3) is 1.56. The van der Waals surface area contributed by atoms with Crippen molar-refractivity contribution in [3.05, 3.63) is 24.0 Å². The molecule has 0 radical (unpaired) electrons. The van der Waals surface area contributed by atoms with E-state index in [0.717, 1.165) is 11.0 Å². The van der Waals surface area contributed by atoms with Crippen molar-refractivity contribution >= 4 is 12.4 Å². The van der Waals surface area contributed by atoms with Crippen molar-refractivity contribution in [2.24, 2.45) is 0 Å². The lowest BCUT2D eigenvalue weighted by Crippen LogP contribution is -2.13. The van der Waals surface area contributed by atoms with Gasteiger partial charge in [0.05, 0.1) is 0 Å². The zero-order valence-electron chi connectivity index (χ0n) is 9.02. The van der Waals surface area contributed by atoms with E-state index in [9.17, 15) is 4.57 Å². The highest BCUT2D eigenvalue weighted by atomic mass is 31.2. The molecule has 2 saturated carbocycles. The molecule has 0 aliphatic heterocycles. The number of pyridine rings is 1. The third-order valence-electron chi connectivity index (χ3n) is 3.46. The van der Waals surface area contributed by atoms with Crippen LogP contribution in [0, 0.1) is 6.92 Å². The van der Waals surface area contributed by atoms with Crippen molar-refractivity contribution in [3.63, 3.8) is 0 Å². The fraction of sp³-hybridized carbons (Fsp3) is 0.583. The van der Waals surface area contributed by atoms with Crippen molar-refractivity contribution < 1.29 is 4.57 Å². The van der Waals surface area contributed by atoms with Crippen LogP contribution in [0.3, 0.4) is 0 Å². The van der Waals surface area contributed by atoms with E-state index >= 15 is 0 Å². The van der Waals surface area contributed by atoms with Gasteiger partial charge in [0.1, 0.15) is 7.14 Å². The Morgan fingerprint density at radius 3 is 2.33 bits per heavy atom. The minimum absolute atomic E-state index is 0.506. The van der Waals surface area contributed by atoms with Crippen LogP contribution in [-0.4, -0.2) is 16.3 Å². The smallest absolute Gasteiger partial charge is 0.121 e. The number of rotatable bonds is 3. The van der Waals surface area contributed by atoms with E-state index in [1.165, 1.54) is 25.7 Å². The first kappa shape index (κ1) is 9.59. The van der Waals surface area contributed by atoms with E-state index in [0.29, 0.717) is 11.3 Å². The molecule has 15 heavy (non-hydrogen) atoms. The number of aryl methyl sites for hydroxylation is 1. The molecular weight excluding hydrogens is 205 g/mol. The van der Waals surface area contributed by atoms with E-state index in [1.54, 1.807) is 0 Å². The summed E-state index contributed by atoms with van der Waals surface area (Å²) >= 11 is 0. The molecule has 2 aliphatic carbocycles. The van der Waals surface area contributed by atoms with Crippen LogP contribution in [0.25, 0.3) is 0 Å². The molecule has 0 N–H and O–H groups in total. The van der Waals surface area contributed by atoms with Crippen LogP contribution in [0.15, 0.2) is 18.3 Å². The van der Waals surface area contributed by atoms with Gasteiger partial charge in [-0.1, -0.05) is 0 Å². The van der Waals surface area contributed by atoms with Gasteiger partial charge in [0.25, 0.3) is 0 Å². The predicted molar refractivity (Wildman–Crippen MR) is 62.3 cm³/mol. The number of hydrogen-bond acceptors (Lipinski definition) is 2. The molecule has 80 valence electrons. The maximum absolute atomic E-state index is 13.1. The van der Waals surface area contributed by atoms with Crippen LogP contribution in [0.5, 0.6) is 0 Å². The molecule has 0 spiro atoms. The first-order chi connectivity index (χ1) is 7.21. The van der Waals surface area contributed by atoms with E-state index < -0.39 is 7.14 Å². The zero-order chi connectivity index (χ0) is 10.5. The van der Waals surface area contributed by atoms with Gasteiger partial charge in [-0.05, 0) is 44.7 Å². The SMILES string of the molecule is Cc1cc(P(=O)(C2CC2)C2CC2)ccn1. The molecule has 0 amide bonds.